The minimum absolute atomic E-state index is 0.127. The SMILES string of the molecule is COc1ccc(C2=CC(=C3N=C(c4ccco4)OC3=O)c3ccccc3O2)cc1OC. The first-order valence-corrected chi connectivity index (χ1v) is 9.48. The van der Waals surface area contributed by atoms with Gasteiger partial charge in [-0.05, 0) is 42.5 Å². The normalized spacial score (nSPS) is 17.3. The Balaban J connectivity index is 1.67. The molecule has 31 heavy (non-hydrogen) atoms. The molecular formula is C24H17NO6. The first-order chi connectivity index (χ1) is 15.2. The third-order valence-corrected chi connectivity index (χ3v) is 4.92. The first kappa shape index (κ1) is 18.7. The van der Waals surface area contributed by atoms with Crippen LogP contribution < -0.4 is 14.2 Å². The number of furan rings is 1. The summed E-state index contributed by atoms with van der Waals surface area (Å²) < 4.78 is 27.5. The molecule has 0 atom stereocenters. The van der Waals surface area contributed by atoms with Crippen LogP contribution in [0.5, 0.6) is 17.2 Å². The third-order valence-electron chi connectivity index (χ3n) is 4.92. The van der Waals surface area contributed by atoms with Crippen molar-refractivity contribution < 1.29 is 28.2 Å². The molecule has 7 nitrogen and oxygen atoms in total. The van der Waals surface area contributed by atoms with Gasteiger partial charge in [0.15, 0.2) is 23.0 Å². The van der Waals surface area contributed by atoms with E-state index in [2.05, 4.69) is 4.99 Å². The van der Waals surface area contributed by atoms with Gasteiger partial charge in [0.2, 0.25) is 0 Å². The molecule has 2 aliphatic rings. The number of cyclic esters (lactones) is 1. The van der Waals surface area contributed by atoms with E-state index in [1.807, 2.05) is 36.4 Å². The summed E-state index contributed by atoms with van der Waals surface area (Å²) in [6.07, 6.45) is 3.27. The Kier molecular flexibility index (Phi) is 4.55. The molecule has 0 saturated heterocycles. The summed E-state index contributed by atoms with van der Waals surface area (Å²) in [5.41, 5.74) is 2.27. The van der Waals surface area contributed by atoms with E-state index in [1.54, 1.807) is 38.5 Å². The predicted octanol–water partition coefficient (Wildman–Crippen LogP) is 4.45. The number of allylic oxidation sites excluding steroid dienone is 2. The minimum atomic E-state index is -0.555. The van der Waals surface area contributed by atoms with Gasteiger partial charge < -0.3 is 23.4 Å². The monoisotopic (exact) mass is 415 g/mol. The summed E-state index contributed by atoms with van der Waals surface area (Å²) >= 11 is 0. The molecule has 0 unspecified atom stereocenters. The predicted molar refractivity (Wildman–Crippen MR) is 113 cm³/mol. The Morgan fingerprint density at radius 1 is 0.903 bits per heavy atom. The summed E-state index contributed by atoms with van der Waals surface area (Å²) in [6.45, 7) is 0. The van der Waals surface area contributed by atoms with Crippen molar-refractivity contribution in [3.05, 3.63) is 89.5 Å². The molecule has 7 heteroatoms. The number of para-hydroxylation sites is 1. The van der Waals surface area contributed by atoms with E-state index in [9.17, 15) is 4.79 Å². The Morgan fingerprint density at radius 3 is 2.52 bits per heavy atom. The number of fused-ring (bicyclic) bond motifs is 1. The zero-order valence-corrected chi connectivity index (χ0v) is 16.7. The van der Waals surface area contributed by atoms with Gasteiger partial charge in [0.05, 0.1) is 20.5 Å². The van der Waals surface area contributed by atoms with E-state index in [4.69, 9.17) is 23.4 Å². The number of benzene rings is 2. The van der Waals surface area contributed by atoms with Crippen LogP contribution in [0, 0.1) is 0 Å². The van der Waals surface area contributed by atoms with Crippen LogP contribution >= 0.6 is 0 Å². The van der Waals surface area contributed by atoms with Gasteiger partial charge in [-0.25, -0.2) is 9.79 Å². The highest BCUT2D eigenvalue weighted by Crippen LogP contribution is 2.41. The number of rotatable bonds is 4. The molecule has 0 radical (unpaired) electrons. The maximum atomic E-state index is 12.7. The van der Waals surface area contributed by atoms with Crippen LogP contribution in [0.3, 0.4) is 0 Å². The van der Waals surface area contributed by atoms with Gasteiger partial charge in [0, 0.05) is 16.7 Å². The lowest BCUT2D eigenvalue weighted by atomic mass is 9.97. The summed E-state index contributed by atoms with van der Waals surface area (Å²) in [5, 5.41) is 0. The second-order valence-corrected chi connectivity index (χ2v) is 6.72. The number of carbonyl (C=O) groups is 1. The average molecular weight is 415 g/mol. The van der Waals surface area contributed by atoms with Crippen molar-refractivity contribution in [2.75, 3.05) is 14.2 Å². The minimum Gasteiger partial charge on any atom is -0.493 e. The van der Waals surface area contributed by atoms with Crippen LogP contribution in [0.1, 0.15) is 16.9 Å². The lowest BCUT2D eigenvalue weighted by molar-refractivity contribution is -0.130. The highest BCUT2D eigenvalue weighted by molar-refractivity contribution is 6.15. The van der Waals surface area contributed by atoms with E-state index in [0.29, 0.717) is 34.3 Å². The van der Waals surface area contributed by atoms with Crippen molar-refractivity contribution in [1.29, 1.82) is 0 Å². The second-order valence-electron chi connectivity index (χ2n) is 6.72. The van der Waals surface area contributed by atoms with Crippen LogP contribution in [-0.2, 0) is 9.53 Å². The van der Waals surface area contributed by atoms with Gasteiger partial charge in [-0.1, -0.05) is 18.2 Å². The second kappa shape index (κ2) is 7.53. The number of aliphatic imine (C=N–C) groups is 1. The van der Waals surface area contributed by atoms with Crippen LogP contribution in [-0.4, -0.2) is 26.1 Å². The molecule has 2 aromatic carbocycles. The van der Waals surface area contributed by atoms with Crippen molar-refractivity contribution in [2.24, 2.45) is 4.99 Å². The molecule has 0 fully saturated rings. The molecule has 0 saturated carbocycles. The number of nitrogens with zero attached hydrogens (tertiary/aromatic N) is 1. The van der Waals surface area contributed by atoms with Crippen molar-refractivity contribution in [2.45, 2.75) is 0 Å². The van der Waals surface area contributed by atoms with Crippen molar-refractivity contribution in [1.82, 2.24) is 0 Å². The lowest BCUT2D eigenvalue weighted by Gasteiger charge is -2.21. The van der Waals surface area contributed by atoms with Crippen molar-refractivity contribution in [3.63, 3.8) is 0 Å². The third kappa shape index (κ3) is 3.26. The molecule has 154 valence electrons. The molecule has 3 aromatic rings. The van der Waals surface area contributed by atoms with Crippen molar-refractivity contribution >= 4 is 23.2 Å². The van der Waals surface area contributed by atoms with Gasteiger partial charge in [0.1, 0.15) is 11.5 Å². The fourth-order valence-corrected chi connectivity index (χ4v) is 3.44. The number of carbonyl (C=O) groups excluding carboxylic acids is 1. The van der Waals surface area contributed by atoms with E-state index in [-0.39, 0.29) is 11.6 Å². The molecule has 2 aliphatic heterocycles. The Morgan fingerprint density at radius 2 is 1.74 bits per heavy atom. The summed E-state index contributed by atoms with van der Waals surface area (Å²) in [4.78, 5) is 17.1. The highest BCUT2D eigenvalue weighted by atomic mass is 16.6. The van der Waals surface area contributed by atoms with Crippen LogP contribution in [0.4, 0.5) is 0 Å². The molecule has 1 aromatic heterocycles. The number of methoxy groups -OCH3 is 2. The van der Waals surface area contributed by atoms with E-state index < -0.39 is 5.97 Å². The molecule has 0 bridgehead atoms. The zero-order chi connectivity index (χ0) is 21.4. The van der Waals surface area contributed by atoms with Crippen LogP contribution in [0.15, 0.2) is 82.0 Å². The van der Waals surface area contributed by atoms with Gasteiger partial charge >= 0.3 is 5.97 Å². The Labute approximate surface area is 177 Å². The lowest BCUT2D eigenvalue weighted by Crippen LogP contribution is -2.08. The van der Waals surface area contributed by atoms with E-state index in [0.717, 1.165) is 11.1 Å². The van der Waals surface area contributed by atoms with Crippen LogP contribution in [0.2, 0.25) is 0 Å². The smallest absolute Gasteiger partial charge is 0.364 e. The van der Waals surface area contributed by atoms with E-state index in [1.165, 1.54) is 6.26 Å². The standard InChI is InChI=1S/C24H17NO6/c1-27-18-10-9-14(12-21(18)28-2)20-13-16(15-6-3-4-7-17(15)30-20)22-24(26)31-23(25-22)19-8-5-11-29-19/h3-13H,1-2H3. The number of hydrogen-bond acceptors (Lipinski definition) is 7. The summed E-state index contributed by atoms with van der Waals surface area (Å²) in [6, 6.07) is 16.3. The van der Waals surface area contributed by atoms with Gasteiger partial charge in [-0.2, -0.15) is 0 Å². The number of ether oxygens (including phenoxy) is 4. The summed E-state index contributed by atoms with van der Waals surface area (Å²) in [5.74, 6) is 2.27. The van der Waals surface area contributed by atoms with Gasteiger partial charge in [-0.3, -0.25) is 0 Å². The zero-order valence-electron chi connectivity index (χ0n) is 16.7. The molecule has 0 N–H and O–H groups in total. The molecule has 0 spiro atoms. The van der Waals surface area contributed by atoms with Crippen LogP contribution in [0.25, 0.3) is 11.3 Å². The first-order valence-electron chi connectivity index (χ1n) is 9.48. The molecule has 3 heterocycles. The number of esters is 1. The number of hydrogen-bond donors (Lipinski definition) is 0. The summed E-state index contributed by atoms with van der Waals surface area (Å²) in [7, 11) is 3.15. The molecule has 0 aliphatic carbocycles. The Bertz CT molecular complexity index is 1270. The average Bonchev–Trinajstić information content (AvgIpc) is 3.47. The highest BCUT2D eigenvalue weighted by Gasteiger charge is 2.31. The molecule has 5 rings (SSSR count). The maximum absolute atomic E-state index is 12.7. The fourth-order valence-electron chi connectivity index (χ4n) is 3.44. The molecule has 0 amide bonds. The quantitative estimate of drug-likeness (QED) is 0.463. The Hall–Kier alpha value is -4.26. The molecular weight excluding hydrogens is 398 g/mol. The maximum Gasteiger partial charge on any atom is 0.364 e. The topological polar surface area (TPSA) is 79.5 Å². The van der Waals surface area contributed by atoms with Gasteiger partial charge in [0.25, 0.3) is 5.90 Å². The van der Waals surface area contributed by atoms with E-state index >= 15 is 0 Å². The largest absolute Gasteiger partial charge is 0.493 e. The fraction of sp³-hybridized carbons (Fsp3) is 0.0833. The van der Waals surface area contributed by atoms with Gasteiger partial charge in [-0.15, -0.1) is 0 Å². The van der Waals surface area contributed by atoms with Crippen molar-refractivity contribution in [3.8, 4) is 17.2 Å².